The van der Waals surface area contributed by atoms with Crippen LogP contribution in [-0.4, -0.2) is 39.5 Å². The van der Waals surface area contributed by atoms with Gasteiger partial charge < -0.3 is 11.5 Å². The van der Waals surface area contributed by atoms with E-state index in [2.05, 4.69) is 95.7 Å². The summed E-state index contributed by atoms with van der Waals surface area (Å²) in [6, 6.07) is 0. The molecule has 168 valence electrons. The molecule has 4 aromatic heterocycles. The fraction of sp³-hybridized carbons (Fsp3) is 0.100. The molecule has 0 aliphatic heterocycles. The zero-order chi connectivity index (χ0) is 24.4. The van der Waals surface area contributed by atoms with Crippen LogP contribution in [0.5, 0.6) is 0 Å². The molecule has 13 heteroatoms. The molecule has 4 aromatic rings. The highest BCUT2D eigenvalue weighted by molar-refractivity contribution is 9.11. The van der Waals surface area contributed by atoms with Gasteiger partial charge in [0.15, 0.2) is 17.3 Å². The standard InChI is InChI=1S/C10H8BrN5.C6H6N2.C4H3Br2N3/c1-16-6-7(4-14-16)2-3-8-10(12)13-5-9(11)15-8;1-3-6-4-7-8(2)5-6;5-2-1-8-4(7)3(6)9-2/h4-6H,1H3,(H2,12,13);1,4-5H,2H3;1H,(H2,7,8). The summed E-state index contributed by atoms with van der Waals surface area (Å²) < 4.78 is 5.20. The third kappa shape index (κ3) is 9.02. The Bertz CT molecular complexity index is 1330. The Balaban J connectivity index is 0.000000192. The molecule has 0 aromatic carbocycles. The molecule has 10 nitrogen and oxygen atoms in total. The van der Waals surface area contributed by atoms with Crippen molar-refractivity contribution in [3.8, 4) is 24.2 Å². The number of aryl methyl sites for hydroxylation is 2. The van der Waals surface area contributed by atoms with Gasteiger partial charge >= 0.3 is 0 Å². The second-order valence-electron chi connectivity index (χ2n) is 6.00. The Labute approximate surface area is 215 Å². The first-order chi connectivity index (χ1) is 15.7. The van der Waals surface area contributed by atoms with Crippen molar-refractivity contribution in [2.45, 2.75) is 0 Å². The highest BCUT2D eigenvalue weighted by Gasteiger charge is 1.99. The SMILES string of the molecule is C#Cc1cnn(C)c1.Cn1cc(C#Cc2nc(Br)cnc2N)cn1.Nc1ncc(Br)nc1Br. The van der Waals surface area contributed by atoms with Crippen LogP contribution in [0.2, 0.25) is 0 Å². The Morgan fingerprint density at radius 3 is 1.79 bits per heavy atom. The van der Waals surface area contributed by atoms with Crippen molar-refractivity contribution >= 4 is 59.4 Å². The van der Waals surface area contributed by atoms with Gasteiger partial charge in [0, 0.05) is 26.5 Å². The van der Waals surface area contributed by atoms with Crippen molar-refractivity contribution in [1.29, 1.82) is 0 Å². The molecule has 0 saturated heterocycles. The Hall–Kier alpha value is -3.26. The van der Waals surface area contributed by atoms with E-state index in [9.17, 15) is 0 Å². The molecule has 0 amide bonds. The molecule has 0 radical (unpaired) electrons. The molecular weight excluding hydrogens is 620 g/mol. The summed E-state index contributed by atoms with van der Waals surface area (Å²) in [6.45, 7) is 0. The van der Waals surface area contributed by atoms with E-state index in [-0.39, 0.29) is 0 Å². The number of aromatic nitrogens is 8. The average molecular weight is 637 g/mol. The van der Waals surface area contributed by atoms with Crippen LogP contribution in [0, 0.1) is 24.2 Å². The first-order valence-corrected chi connectivity index (χ1v) is 11.2. The summed E-state index contributed by atoms with van der Waals surface area (Å²) >= 11 is 9.47. The maximum Gasteiger partial charge on any atom is 0.158 e. The minimum atomic E-state index is 0.319. The van der Waals surface area contributed by atoms with E-state index in [4.69, 9.17) is 17.9 Å². The van der Waals surface area contributed by atoms with E-state index in [1.165, 1.54) is 6.20 Å². The second kappa shape index (κ2) is 12.7. The van der Waals surface area contributed by atoms with Gasteiger partial charge in [0.25, 0.3) is 0 Å². The van der Waals surface area contributed by atoms with Crippen LogP contribution < -0.4 is 11.5 Å². The number of hydrogen-bond donors (Lipinski definition) is 2. The molecule has 0 atom stereocenters. The minimum Gasteiger partial charge on any atom is -0.381 e. The van der Waals surface area contributed by atoms with Crippen molar-refractivity contribution in [3.63, 3.8) is 0 Å². The number of terminal acetylenes is 1. The van der Waals surface area contributed by atoms with Crippen LogP contribution in [0.25, 0.3) is 0 Å². The van der Waals surface area contributed by atoms with Crippen molar-refractivity contribution in [3.05, 3.63) is 67.8 Å². The van der Waals surface area contributed by atoms with Gasteiger partial charge in [-0.15, -0.1) is 6.42 Å². The summed E-state index contributed by atoms with van der Waals surface area (Å²) in [6.07, 6.45) is 15.1. The molecule has 0 spiro atoms. The summed E-state index contributed by atoms with van der Waals surface area (Å²) in [4.78, 5) is 15.8. The zero-order valence-corrected chi connectivity index (χ0v) is 22.2. The lowest BCUT2D eigenvalue weighted by molar-refractivity contribution is 0.767. The third-order valence-corrected chi connectivity index (χ3v) is 4.75. The largest absolute Gasteiger partial charge is 0.381 e. The van der Waals surface area contributed by atoms with Gasteiger partial charge in [-0.1, -0.05) is 11.8 Å². The third-order valence-electron chi connectivity index (χ3n) is 3.40. The van der Waals surface area contributed by atoms with Gasteiger partial charge in [-0.05, 0) is 53.7 Å². The molecule has 0 unspecified atom stereocenters. The first kappa shape index (κ1) is 26.0. The number of anilines is 2. The van der Waals surface area contributed by atoms with E-state index in [0.717, 1.165) is 11.1 Å². The summed E-state index contributed by atoms with van der Waals surface area (Å²) in [7, 11) is 3.67. The van der Waals surface area contributed by atoms with E-state index in [1.54, 1.807) is 34.2 Å². The maximum absolute atomic E-state index is 5.64. The van der Waals surface area contributed by atoms with Crippen LogP contribution >= 0.6 is 47.8 Å². The molecule has 4 N–H and O–H groups in total. The lowest BCUT2D eigenvalue weighted by Gasteiger charge is -1.95. The first-order valence-electron chi connectivity index (χ1n) is 8.85. The number of nitrogens with zero attached hydrogens (tertiary/aromatic N) is 8. The van der Waals surface area contributed by atoms with E-state index < -0.39 is 0 Å². The van der Waals surface area contributed by atoms with Gasteiger partial charge in [-0.3, -0.25) is 9.36 Å². The van der Waals surface area contributed by atoms with Gasteiger partial charge in [0.05, 0.1) is 35.9 Å². The molecule has 33 heavy (non-hydrogen) atoms. The number of nitrogens with two attached hydrogens (primary N) is 2. The van der Waals surface area contributed by atoms with Crippen molar-refractivity contribution < 1.29 is 0 Å². The zero-order valence-electron chi connectivity index (χ0n) is 17.4. The lowest BCUT2D eigenvalue weighted by Crippen LogP contribution is -1.97. The van der Waals surface area contributed by atoms with Crippen molar-refractivity contribution in [2.24, 2.45) is 14.1 Å². The molecule has 0 aliphatic carbocycles. The van der Waals surface area contributed by atoms with E-state index in [1.807, 2.05) is 20.3 Å². The molecule has 4 heterocycles. The van der Waals surface area contributed by atoms with Gasteiger partial charge in [0.1, 0.15) is 13.8 Å². The monoisotopic (exact) mass is 634 g/mol. The van der Waals surface area contributed by atoms with Gasteiger partial charge in [-0.2, -0.15) is 10.2 Å². The molecule has 0 aliphatic rings. The van der Waals surface area contributed by atoms with Gasteiger partial charge in [-0.25, -0.2) is 19.9 Å². The number of hydrogen-bond acceptors (Lipinski definition) is 8. The van der Waals surface area contributed by atoms with E-state index in [0.29, 0.717) is 31.1 Å². The average Bonchev–Trinajstić information content (AvgIpc) is 3.40. The smallest absolute Gasteiger partial charge is 0.158 e. The molecule has 0 saturated carbocycles. The highest BCUT2D eigenvalue weighted by atomic mass is 79.9. The Morgan fingerprint density at radius 2 is 1.33 bits per heavy atom. The predicted octanol–water partition coefficient (Wildman–Crippen LogP) is 2.94. The quantitative estimate of drug-likeness (QED) is 0.281. The van der Waals surface area contributed by atoms with Crippen LogP contribution in [0.15, 0.2) is 51.0 Å². The summed E-state index contributed by atoms with van der Waals surface area (Å²) in [5.74, 6) is 8.95. The van der Waals surface area contributed by atoms with Crippen molar-refractivity contribution in [2.75, 3.05) is 11.5 Å². The van der Waals surface area contributed by atoms with Crippen LogP contribution in [-0.2, 0) is 14.1 Å². The molecule has 0 bridgehead atoms. The van der Waals surface area contributed by atoms with Gasteiger partial charge in [0.2, 0.25) is 0 Å². The van der Waals surface area contributed by atoms with E-state index >= 15 is 0 Å². The Morgan fingerprint density at radius 1 is 0.788 bits per heavy atom. The number of nitrogen functional groups attached to an aromatic ring is 2. The number of halogens is 3. The van der Waals surface area contributed by atoms with Crippen LogP contribution in [0.1, 0.15) is 16.8 Å². The Kier molecular flexibility index (Phi) is 10.00. The topological polar surface area (TPSA) is 139 Å². The highest BCUT2D eigenvalue weighted by Crippen LogP contribution is 2.15. The lowest BCUT2D eigenvalue weighted by atomic mass is 10.3. The normalized spacial score (nSPS) is 9.33. The molecule has 4 rings (SSSR count). The van der Waals surface area contributed by atoms with Crippen molar-refractivity contribution in [1.82, 2.24) is 39.5 Å². The van der Waals surface area contributed by atoms with Crippen LogP contribution in [0.3, 0.4) is 0 Å². The summed E-state index contributed by atoms with van der Waals surface area (Å²) in [5, 5.41) is 7.87. The number of rotatable bonds is 0. The summed E-state index contributed by atoms with van der Waals surface area (Å²) in [5.41, 5.74) is 13.1. The molecular formula is C20H17Br3N10. The van der Waals surface area contributed by atoms with Crippen LogP contribution in [0.4, 0.5) is 11.6 Å². The molecule has 0 fully saturated rings. The fourth-order valence-electron chi connectivity index (χ4n) is 1.94. The minimum absolute atomic E-state index is 0.319. The second-order valence-corrected chi connectivity index (χ2v) is 8.37. The fourth-order valence-corrected chi connectivity index (χ4v) is 3.03. The maximum atomic E-state index is 5.64. The predicted molar refractivity (Wildman–Crippen MR) is 136 cm³/mol.